The van der Waals surface area contributed by atoms with Crippen LogP contribution in [0.4, 0.5) is 4.79 Å². The first-order valence-electron chi connectivity index (χ1n) is 11.4. The number of nitrogens with zero attached hydrogens (tertiary/aromatic N) is 4. The van der Waals surface area contributed by atoms with Crippen molar-refractivity contribution in [1.82, 2.24) is 19.0 Å². The summed E-state index contributed by atoms with van der Waals surface area (Å²) in [5.74, 6) is 0.724. The van der Waals surface area contributed by atoms with Gasteiger partial charge in [0.1, 0.15) is 6.10 Å². The molecule has 8 nitrogen and oxygen atoms in total. The normalized spacial score (nSPS) is 16.3. The van der Waals surface area contributed by atoms with Gasteiger partial charge in [-0.25, -0.2) is 9.78 Å². The van der Waals surface area contributed by atoms with Crippen molar-refractivity contribution in [1.29, 1.82) is 0 Å². The summed E-state index contributed by atoms with van der Waals surface area (Å²) in [5, 5.41) is 1.17. The van der Waals surface area contributed by atoms with E-state index in [2.05, 4.69) is 50.2 Å². The van der Waals surface area contributed by atoms with Crippen molar-refractivity contribution in [3.8, 4) is 11.5 Å². The highest BCUT2D eigenvalue weighted by molar-refractivity contribution is 9.10. The van der Waals surface area contributed by atoms with E-state index in [1.165, 1.54) is 10.9 Å². The predicted octanol–water partition coefficient (Wildman–Crippen LogP) is 4.68. The number of likely N-dealkylation sites (tertiary alicyclic amines) is 1. The number of hydrogen-bond donors (Lipinski definition) is 1. The van der Waals surface area contributed by atoms with Gasteiger partial charge in [0.25, 0.3) is 5.91 Å². The Kier molecular flexibility index (Phi) is 5.81. The molecule has 0 spiro atoms. The van der Waals surface area contributed by atoms with Crippen LogP contribution in [0.5, 0.6) is 0 Å². The molecule has 2 amide bonds. The molecule has 3 heterocycles. The van der Waals surface area contributed by atoms with Gasteiger partial charge in [0.15, 0.2) is 5.82 Å². The molecule has 0 aliphatic carbocycles. The molecule has 34 heavy (non-hydrogen) atoms. The van der Waals surface area contributed by atoms with Gasteiger partial charge in [-0.05, 0) is 60.0 Å². The van der Waals surface area contributed by atoms with Crippen molar-refractivity contribution in [3.05, 3.63) is 52.5 Å². The maximum atomic E-state index is 13.3. The van der Waals surface area contributed by atoms with E-state index in [-0.39, 0.29) is 12.0 Å². The van der Waals surface area contributed by atoms with E-state index in [9.17, 15) is 9.59 Å². The van der Waals surface area contributed by atoms with Crippen LogP contribution in [0.1, 0.15) is 30.1 Å². The highest BCUT2D eigenvalue weighted by atomic mass is 79.9. The number of ether oxygens (including phenoxy) is 1. The van der Waals surface area contributed by atoms with Gasteiger partial charge in [-0.2, -0.15) is 0 Å². The van der Waals surface area contributed by atoms with Gasteiger partial charge in [0.05, 0.1) is 23.3 Å². The topological polar surface area (TPSA) is 95.4 Å². The zero-order valence-electron chi connectivity index (χ0n) is 19.1. The quantitative estimate of drug-likeness (QED) is 0.420. The van der Waals surface area contributed by atoms with Gasteiger partial charge in [-0.3, -0.25) is 4.79 Å². The Labute approximate surface area is 205 Å². The van der Waals surface area contributed by atoms with Crippen LogP contribution in [0.25, 0.3) is 33.5 Å². The van der Waals surface area contributed by atoms with E-state index in [1.54, 1.807) is 4.90 Å². The van der Waals surface area contributed by atoms with Crippen molar-refractivity contribution < 1.29 is 14.3 Å². The molecule has 4 aromatic rings. The van der Waals surface area contributed by atoms with Gasteiger partial charge in [-0.1, -0.05) is 18.2 Å². The standard InChI is InChI=1S/C25H26BrN5O3/c1-3-31-20-9-5-4-7-15(20)13-21(31)23-28-19-12-16(11-18(26)22(19)29(23)2)24(32)30-10-6-8-17(14-30)34-25(27)33/h4-5,7,9,11-13,17H,3,6,8,10,14H2,1-2H3,(H2,27,33)/t17-/m1/s1. The molecule has 0 saturated carbocycles. The van der Waals surface area contributed by atoms with Gasteiger partial charge in [0.2, 0.25) is 0 Å². The molecule has 1 fully saturated rings. The van der Waals surface area contributed by atoms with Crippen molar-refractivity contribution in [2.75, 3.05) is 13.1 Å². The number of hydrogen-bond acceptors (Lipinski definition) is 4. The van der Waals surface area contributed by atoms with E-state index < -0.39 is 6.09 Å². The summed E-state index contributed by atoms with van der Waals surface area (Å²) in [6, 6.07) is 14.1. The first-order chi connectivity index (χ1) is 16.4. The summed E-state index contributed by atoms with van der Waals surface area (Å²) >= 11 is 3.67. The second kappa shape index (κ2) is 8.79. The Morgan fingerprint density at radius 3 is 2.79 bits per heavy atom. The van der Waals surface area contributed by atoms with Crippen LogP contribution in [-0.2, 0) is 18.3 Å². The number of carbonyl (C=O) groups is 2. The number of piperidine rings is 1. The summed E-state index contributed by atoms with van der Waals surface area (Å²) in [4.78, 5) is 31.1. The molecule has 1 aliphatic heterocycles. The summed E-state index contributed by atoms with van der Waals surface area (Å²) in [6.07, 6.45) is 0.265. The Morgan fingerprint density at radius 1 is 1.24 bits per heavy atom. The molecule has 5 rings (SSSR count). The molecular weight excluding hydrogens is 498 g/mol. The van der Waals surface area contributed by atoms with Gasteiger partial charge >= 0.3 is 6.09 Å². The van der Waals surface area contributed by atoms with Crippen LogP contribution < -0.4 is 5.73 Å². The number of nitrogens with two attached hydrogens (primary N) is 1. The third-order valence-corrected chi connectivity index (χ3v) is 7.08. The summed E-state index contributed by atoms with van der Waals surface area (Å²) in [6.45, 7) is 3.89. The Bertz CT molecular complexity index is 1420. The number of para-hydroxylation sites is 1. The highest BCUT2D eigenvalue weighted by Crippen LogP contribution is 2.33. The number of amides is 2. The maximum absolute atomic E-state index is 13.3. The first-order valence-corrected chi connectivity index (χ1v) is 12.2. The molecule has 176 valence electrons. The van der Waals surface area contributed by atoms with E-state index in [4.69, 9.17) is 15.5 Å². The number of benzene rings is 2. The fourth-order valence-electron chi connectivity index (χ4n) is 4.95. The average Bonchev–Trinajstić information content (AvgIpc) is 3.35. The minimum atomic E-state index is -0.811. The maximum Gasteiger partial charge on any atom is 0.404 e. The van der Waals surface area contributed by atoms with E-state index in [0.717, 1.165) is 40.0 Å². The molecular formula is C25H26BrN5O3. The van der Waals surface area contributed by atoms with Crippen molar-refractivity contribution in [2.45, 2.75) is 32.4 Å². The monoisotopic (exact) mass is 523 g/mol. The first kappa shape index (κ1) is 22.5. The van der Waals surface area contributed by atoms with Crippen LogP contribution in [-0.4, -0.2) is 50.2 Å². The van der Waals surface area contributed by atoms with Gasteiger partial charge in [0, 0.05) is 41.1 Å². The van der Waals surface area contributed by atoms with E-state index in [0.29, 0.717) is 25.1 Å². The van der Waals surface area contributed by atoms with E-state index in [1.807, 2.05) is 31.3 Å². The van der Waals surface area contributed by atoms with Crippen LogP contribution in [0.15, 0.2) is 46.9 Å². The summed E-state index contributed by atoms with van der Waals surface area (Å²) in [7, 11) is 1.99. The van der Waals surface area contributed by atoms with Crippen LogP contribution >= 0.6 is 15.9 Å². The van der Waals surface area contributed by atoms with Crippen molar-refractivity contribution in [2.24, 2.45) is 12.8 Å². The van der Waals surface area contributed by atoms with E-state index >= 15 is 0 Å². The third-order valence-electron chi connectivity index (χ3n) is 6.47. The smallest absolute Gasteiger partial charge is 0.404 e. The number of rotatable bonds is 4. The number of fused-ring (bicyclic) bond motifs is 2. The number of carbonyl (C=O) groups excluding carboxylic acids is 2. The fraction of sp³-hybridized carbons (Fsp3) is 0.320. The largest absolute Gasteiger partial charge is 0.445 e. The minimum absolute atomic E-state index is 0.116. The average molecular weight is 524 g/mol. The lowest BCUT2D eigenvalue weighted by atomic mass is 10.1. The van der Waals surface area contributed by atoms with Crippen molar-refractivity contribution >= 4 is 49.9 Å². The second-order valence-corrected chi connectivity index (χ2v) is 9.46. The molecule has 1 saturated heterocycles. The summed E-state index contributed by atoms with van der Waals surface area (Å²) in [5.41, 5.74) is 9.57. The molecule has 1 aliphatic rings. The van der Waals surface area contributed by atoms with Crippen LogP contribution in [0.3, 0.4) is 0 Å². The Balaban J connectivity index is 1.53. The lowest BCUT2D eigenvalue weighted by molar-refractivity contribution is 0.0373. The molecule has 2 aromatic heterocycles. The Morgan fingerprint density at radius 2 is 2.03 bits per heavy atom. The Hall–Kier alpha value is -3.33. The van der Waals surface area contributed by atoms with Crippen LogP contribution in [0.2, 0.25) is 0 Å². The number of imidazole rings is 1. The zero-order chi connectivity index (χ0) is 24.0. The number of aromatic nitrogens is 3. The van der Waals surface area contributed by atoms with Gasteiger partial charge < -0.3 is 24.5 Å². The SMILES string of the molecule is CCn1c(-c2nc3cc(C(=O)N4CCC[C@@H](OC(N)=O)C4)cc(Br)c3n2C)cc2ccccc21. The molecule has 2 N–H and O–H groups in total. The lowest BCUT2D eigenvalue weighted by Gasteiger charge is -2.32. The second-order valence-electron chi connectivity index (χ2n) is 8.61. The summed E-state index contributed by atoms with van der Waals surface area (Å²) < 4.78 is 10.2. The van der Waals surface area contributed by atoms with Gasteiger partial charge in [-0.15, -0.1) is 0 Å². The van der Waals surface area contributed by atoms with Crippen LogP contribution in [0, 0.1) is 0 Å². The highest BCUT2D eigenvalue weighted by Gasteiger charge is 2.27. The number of aryl methyl sites for hydroxylation is 2. The molecule has 2 aromatic carbocycles. The molecule has 9 heteroatoms. The fourth-order valence-corrected chi connectivity index (χ4v) is 5.67. The molecule has 0 radical (unpaired) electrons. The predicted molar refractivity (Wildman–Crippen MR) is 135 cm³/mol. The number of primary amides is 1. The molecule has 1 atom stereocenters. The third kappa shape index (κ3) is 3.83. The molecule has 0 bridgehead atoms. The molecule has 0 unspecified atom stereocenters. The number of halogens is 1. The lowest BCUT2D eigenvalue weighted by Crippen LogP contribution is -2.44. The van der Waals surface area contributed by atoms with Crippen molar-refractivity contribution in [3.63, 3.8) is 0 Å². The zero-order valence-corrected chi connectivity index (χ0v) is 20.7. The minimum Gasteiger partial charge on any atom is -0.445 e.